The van der Waals surface area contributed by atoms with Crippen LogP contribution < -0.4 is 5.73 Å². The number of hydrogen-bond acceptors (Lipinski definition) is 3. The third-order valence-electron chi connectivity index (χ3n) is 4.95. The highest BCUT2D eigenvalue weighted by atomic mass is 16.5. The van der Waals surface area contributed by atoms with Crippen LogP contribution >= 0.6 is 0 Å². The molecule has 2 rings (SSSR count). The summed E-state index contributed by atoms with van der Waals surface area (Å²) >= 11 is 0. The van der Waals surface area contributed by atoms with E-state index in [1.165, 1.54) is 0 Å². The number of aliphatic hydroxyl groups excluding tert-OH is 1. The van der Waals surface area contributed by atoms with E-state index in [-0.39, 0.29) is 17.6 Å². The average molecular weight is 241 g/mol. The van der Waals surface area contributed by atoms with Gasteiger partial charge in [0.15, 0.2) is 0 Å². The van der Waals surface area contributed by atoms with Crippen LogP contribution in [0.1, 0.15) is 52.4 Å². The first kappa shape index (κ1) is 13.3. The second-order valence-electron chi connectivity index (χ2n) is 6.73. The monoisotopic (exact) mass is 241 g/mol. The Labute approximate surface area is 105 Å². The second kappa shape index (κ2) is 4.87. The molecule has 0 bridgehead atoms. The van der Waals surface area contributed by atoms with Crippen LogP contribution in [-0.4, -0.2) is 30.5 Å². The van der Waals surface area contributed by atoms with Crippen molar-refractivity contribution in [3.05, 3.63) is 0 Å². The van der Waals surface area contributed by atoms with Crippen LogP contribution in [0.15, 0.2) is 0 Å². The number of aliphatic hydroxyl groups is 1. The van der Waals surface area contributed by atoms with E-state index in [0.717, 1.165) is 45.1 Å². The molecule has 0 aromatic heterocycles. The Morgan fingerprint density at radius 3 is 2.41 bits per heavy atom. The predicted molar refractivity (Wildman–Crippen MR) is 68.7 cm³/mol. The Bertz CT molecular complexity index is 249. The molecule has 100 valence electrons. The fraction of sp³-hybridized carbons (Fsp3) is 1.00. The van der Waals surface area contributed by atoms with Crippen LogP contribution in [0.25, 0.3) is 0 Å². The van der Waals surface area contributed by atoms with Gasteiger partial charge in [0, 0.05) is 18.6 Å². The first-order valence-electron chi connectivity index (χ1n) is 6.99. The van der Waals surface area contributed by atoms with Crippen LogP contribution in [0.5, 0.6) is 0 Å². The van der Waals surface area contributed by atoms with E-state index >= 15 is 0 Å². The highest BCUT2D eigenvalue weighted by Crippen LogP contribution is 2.47. The van der Waals surface area contributed by atoms with E-state index in [1.807, 2.05) is 0 Å². The lowest BCUT2D eigenvalue weighted by molar-refractivity contribution is -0.0951. The molecule has 1 aliphatic carbocycles. The largest absolute Gasteiger partial charge is 0.390 e. The van der Waals surface area contributed by atoms with Gasteiger partial charge in [0.25, 0.3) is 0 Å². The molecule has 1 heterocycles. The van der Waals surface area contributed by atoms with E-state index in [2.05, 4.69) is 13.8 Å². The zero-order valence-corrected chi connectivity index (χ0v) is 11.2. The van der Waals surface area contributed by atoms with Crippen LogP contribution in [0.2, 0.25) is 0 Å². The zero-order valence-electron chi connectivity index (χ0n) is 11.2. The molecule has 2 fully saturated rings. The van der Waals surface area contributed by atoms with Gasteiger partial charge in [-0.2, -0.15) is 0 Å². The van der Waals surface area contributed by atoms with Gasteiger partial charge in [-0.3, -0.25) is 0 Å². The van der Waals surface area contributed by atoms with Gasteiger partial charge in [-0.25, -0.2) is 0 Å². The van der Waals surface area contributed by atoms with Crippen molar-refractivity contribution in [1.29, 1.82) is 0 Å². The van der Waals surface area contributed by atoms with Crippen LogP contribution in [0, 0.1) is 10.8 Å². The fourth-order valence-electron chi connectivity index (χ4n) is 3.29. The smallest absolute Gasteiger partial charge is 0.0869 e. The molecule has 3 heteroatoms. The van der Waals surface area contributed by atoms with Crippen molar-refractivity contribution in [3.63, 3.8) is 0 Å². The summed E-state index contributed by atoms with van der Waals surface area (Å²) < 4.78 is 5.64. The summed E-state index contributed by atoms with van der Waals surface area (Å²) in [7, 11) is 0. The summed E-state index contributed by atoms with van der Waals surface area (Å²) in [4.78, 5) is 0. The van der Waals surface area contributed by atoms with Crippen LogP contribution in [0.4, 0.5) is 0 Å². The van der Waals surface area contributed by atoms with Gasteiger partial charge < -0.3 is 15.6 Å². The average Bonchev–Trinajstić information content (AvgIpc) is 2.82. The SMILES string of the molecule is CC1(C)CCC(CN)(C(O)C2CCCO2)CC1. The minimum atomic E-state index is -0.369. The molecule has 1 saturated heterocycles. The molecule has 1 saturated carbocycles. The standard InChI is InChI=1S/C14H27NO2/c1-13(2)5-7-14(10-15,8-6-13)12(16)11-4-3-9-17-11/h11-12,16H,3-10,15H2,1-2H3. The Balaban J connectivity index is 2.04. The molecule has 0 radical (unpaired) electrons. The highest BCUT2D eigenvalue weighted by molar-refractivity contribution is 4.97. The Morgan fingerprint density at radius 1 is 1.29 bits per heavy atom. The van der Waals surface area contributed by atoms with E-state index in [4.69, 9.17) is 10.5 Å². The second-order valence-corrected chi connectivity index (χ2v) is 6.73. The maximum absolute atomic E-state index is 10.6. The molecular weight excluding hydrogens is 214 g/mol. The lowest BCUT2D eigenvalue weighted by Gasteiger charge is -2.47. The summed E-state index contributed by atoms with van der Waals surface area (Å²) in [6.45, 7) is 6.01. The van der Waals surface area contributed by atoms with Crippen molar-refractivity contribution in [1.82, 2.24) is 0 Å². The quantitative estimate of drug-likeness (QED) is 0.795. The molecule has 2 unspecified atom stereocenters. The van der Waals surface area contributed by atoms with Crippen molar-refractivity contribution in [2.45, 2.75) is 64.6 Å². The summed E-state index contributed by atoms with van der Waals surface area (Å²) in [5.74, 6) is 0. The molecule has 17 heavy (non-hydrogen) atoms. The highest BCUT2D eigenvalue weighted by Gasteiger charge is 2.46. The first-order valence-corrected chi connectivity index (χ1v) is 6.99. The van der Waals surface area contributed by atoms with E-state index in [0.29, 0.717) is 12.0 Å². The molecule has 0 amide bonds. The molecule has 1 aliphatic heterocycles. The van der Waals surface area contributed by atoms with Crippen molar-refractivity contribution in [2.75, 3.05) is 13.2 Å². The third-order valence-corrected chi connectivity index (χ3v) is 4.95. The zero-order chi connectivity index (χ0) is 12.5. The van der Waals surface area contributed by atoms with Gasteiger partial charge in [-0.15, -0.1) is 0 Å². The number of rotatable bonds is 3. The van der Waals surface area contributed by atoms with Gasteiger partial charge >= 0.3 is 0 Å². The van der Waals surface area contributed by atoms with Gasteiger partial charge in [-0.1, -0.05) is 13.8 Å². The van der Waals surface area contributed by atoms with Crippen molar-refractivity contribution in [2.24, 2.45) is 16.6 Å². The normalized spacial score (nSPS) is 33.5. The third kappa shape index (κ3) is 2.67. The Morgan fingerprint density at radius 2 is 1.94 bits per heavy atom. The lowest BCUT2D eigenvalue weighted by Crippen LogP contribution is -2.50. The summed E-state index contributed by atoms with van der Waals surface area (Å²) in [6.07, 6.45) is 6.13. The van der Waals surface area contributed by atoms with Gasteiger partial charge in [0.1, 0.15) is 0 Å². The van der Waals surface area contributed by atoms with Gasteiger partial charge in [0.05, 0.1) is 12.2 Å². The summed E-state index contributed by atoms with van der Waals surface area (Å²) in [6, 6.07) is 0. The Hall–Kier alpha value is -0.120. The maximum Gasteiger partial charge on any atom is 0.0869 e. The molecule has 0 aromatic carbocycles. The molecule has 2 aliphatic rings. The van der Waals surface area contributed by atoms with Crippen LogP contribution in [-0.2, 0) is 4.74 Å². The number of nitrogens with two attached hydrogens (primary N) is 1. The fourth-order valence-corrected chi connectivity index (χ4v) is 3.29. The van der Waals surface area contributed by atoms with Crippen molar-refractivity contribution < 1.29 is 9.84 Å². The van der Waals surface area contributed by atoms with Crippen molar-refractivity contribution in [3.8, 4) is 0 Å². The van der Waals surface area contributed by atoms with Gasteiger partial charge in [-0.05, 0) is 43.9 Å². The number of hydrogen-bond donors (Lipinski definition) is 2. The van der Waals surface area contributed by atoms with Crippen molar-refractivity contribution >= 4 is 0 Å². The minimum absolute atomic E-state index is 0.0276. The first-order chi connectivity index (χ1) is 7.99. The van der Waals surface area contributed by atoms with E-state index in [1.54, 1.807) is 0 Å². The van der Waals surface area contributed by atoms with E-state index in [9.17, 15) is 5.11 Å². The molecule has 0 aromatic rings. The molecule has 3 nitrogen and oxygen atoms in total. The van der Waals surface area contributed by atoms with Gasteiger partial charge in [0.2, 0.25) is 0 Å². The lowest BCUT2D eigenvalue weighted by atomic mass is 9.62. The minimum Gasteiger partial charge on any atom is -0.390 e. The predicted octanol–water partition coefficient (Wildman–Crippen LogP) is 2.07. The maximum atomic E-state index is 10.6. The molecule has 2 atom stereocenters. The topological polar surface area (TPSA) is 55.5 Å². The summed E-state index contributed by atoms with van der Waals surface area (Å²) in [5.41, 5.74) is 6.30. The Kier molecular flexibility index (Phi) is 3.81. The molecule has 3 N–H and O–H groups in total. The number of ether oxygens (including phenoxy) is 1. The van der Waals surface area contributed by atoms with Crippen LogP contribution in [0.3, 0.4) is 0 Å². The molecular formula is C14H27NO2. The van der Waals surface area contributed by atoms with E-state index < -0.39 is 0 Å². The molecule has 0 spiro atoms. The summed E-state index contributed by atoms with van der Waals surface area (Å²) in [5, 5.41) is 10.6.